The summed E-state index contributed by atoms with van der Waals surface area (Å²) < 4.78 is 0. The molecule has 0 aliphatic rings. The monoisotopic (exact) mass is 685 g/mol. The van der Waals surface area contributed by atoms with Crippen LogP contribution in [0.25, 0.3) is 0 Å². The molecule has 0 spiro atoms. The molecule has 9 nitrogen and oxygen atoms in total. The maximum Gasteiger partial charge on any atom is 0 e. The van der Waals surface area contributed by atoms with Gasteiger partial charge in [0.15, 0.2) is 0 Å². The molecule has 3 aromatic heterocycles. The van der Waals surface area contributed by atoms with E-state index in [2.05, 4.69) is 86.3 Å². The maximum atomic E-state index is 3.75. The van der Waals surface area contributed by atoms with Crippen LogP contribution >= 0.6 is 0 Å². The van der Waals surface area contributed by atoms with E-state index in [9.17, 15) is 0 Å². The molecule has 3 heterocycles. The van der Waals surface area contributed by atoms with Gasteiger partial charge in [-0.3, -0.25) is 10.3 Å². The first-order valence-electron chi connectivity index (χ1n) is 7.75. The van der Waals surface area contributed by atoms with Gasteiger partial charge in [-0.05, 0) is 17.5 Å². The van der Waals surface area contributed by atoms with Crippen molar-refractivity contribution in [2.75, 3.05) is 0 Å². The average molecular weight is 685 g/mol. The Hall–Kier alpha value is 1.84. The van der Waals surface area contributed by atoms with Crippen LogP contribution in [-0.4, -0.2) is 36.0 Å². The Kier molecular flexibility index (Phi) is 29.3. The molecule has 0 aromatic carbocycles. The Morgan fingerprint density at radius 3 is 1.64 bits per heavy atom. The zero-order chi connectivity index (χ0) is 17.9. The Labute approximate surface area is 267 Å². The first-order chi connectivity index (χ1) is 11.4. The van der Waals surface area contributed by atoms with Crippen molar-refractivity contribution in [1.29, 1.82) is 0 Å². The predicted octanol–water partition coefficient (Wildman–Crippen LogP) is 1.63. The van der Waals surface area contributed by atoms with Gasteiger partial charge in [0, 0.05) is 131 Å². The molecule has 0 saturated carbocycles. The summed E-state index contributed by atoms with van der Waals surface area (Å²) in [5.74, 6) is 1.29. The minimum Gasteiger partial charge on any atom is -0.569 e. The summed E-state index contributed by atoms with van der Waals surface area (Å²) in [6, 6.07) is 0. The number of hydrogen-bond acceptors (Lipinski definition) is 6. The third-order valence-corrected chi connectivity index (χ3v) is 2.87. The van der Waals surface area contributed by atoms with Crippen molar-refractivity contribution in [3.63, 3.8) is 0 Å². The van der Waals surface area contributed by atoms with Gasteiger partial charge in [-0.15, -0.1) is 10.9 Å². The molecule has 3 rings (SSSR count). The van der Waals surface area contributed by atoms with E-state index in [1.807, 2.05) is 13.8 Å². The molecule has 0 aliphatic heterocycles. The molecular weight excluding hydrogens is 662 g/mol. The van der Waals surface area contributed by atoms with Gasteiger partial charge in [0.05, 0.1) is 0 Å². The minimum absolute atomic E-state index is 0. The van der Waals surface area contributed by atoms with E-state index in [1.165, 1.54) is 0 Å². The molecule has 0 unspecified atom stereocenters. The van der Waals surface area contributed by atoms with Crippen molar-refractivity contribution >= 4 is 0 Å². The standard InChI is InChI=1S/2C5H8N3.C5H7N3.4Y/c3*1-4(2)5-3-6-8-7-5;;;;/h4H,1-2H3,(H,6,7,8);3-4H,1-2H3;4H,1-2H3;;;;/q2*-1;-2;;;;. The molecule has 0 bridgehead atoms. The number of nitrogens with one attached hydrogen (secondary N) is 1. The summed E-state index contributed by atoms with van der Waals surface area (Å²) in [5.41, 5.74) is 2.76. The van der Waals surface area contributed by atoms with Crippen molar-refractivity contribution in [1.82, 2.24) is 46.2 Å². The first-order valence-corrected chi connectivity index (χ1v) is 7.75. The normalized spacial score (nSPS) is 8.89. The molecule has 4 radical (unpaired) electrons. The second kappa shape index (κ2) is 22.0. The molecular formula is C15H23N9Y4-4. The summed E-state index contributed by atoms with van der Waals surface area (Å²) in [7, 11) is 0. The van der Waals surface area contributed by atoms with Crippen LogP contribution in [0, 0.1) is 12.4 Å². The largest absolute Gasteiger partial charge is 0.569 e. The van der Waals surface area contributed by atoms with E-state index in [1.54, 1.807) is 6.20 Å². The summed E-state index contributed by atoms with van der Waals surface area (Å²) >= 11 is 0. The van der Waals surface area contributed by atoms with Crippen LogP contribution < -0.4 is 10.2 Å². The topological polar surface area (TPSA) is 121 Å². The molecule has 1 N–H and O–H groups in total. The SMILES string of the molecule is CC(C)c1[c-]nn[n-]1.CC(C)c1[c-]nn[nH]1.CC(C)c1cnn[n-]1.[Y].[Y].[Y].[Y]. The fourth-order valence-corrected chi connectivity index (χ4v) is 1.30. The summed E-state index contributed by atoms with van der Waals surface area (Å²) in [6.45, 7) is 12.3. The van der Waals surface area contributed by atoms with Crippen LogP contribution in [0.4, 0.5) is 0 Å². The van der Waals surface area contributed by atoms with Crippen molar-refractivity contribution < 1.29 is 131 Å². The summed E-state index contributed by atoms with van der Waals surface area (Å²) in [5, 5.41) is 31.1. The minimum atomic E-state index is 0. The third kappa shape index (κ3) is 16.5. The van der Waals surface area contributed by atoms with Crippen LogP contribution in [0.15, 0.2) is 6.20 Å². The van der Waals surface area contributed by atoms with Gasteiger partial charge >= 0.3 is 0 Å². The van der Waals surface area contributed by atoms with Crippen LogP contribution in [0.1, 0.15) is 76.4 Å². The quantitative estimate of drug-likeness (QED) is 0.414. The second-order valence-electron chi connectivity index (χ2n) is 5.95. The van der Waals surface area contributed by atoms with Gasteiger partial charge in [0.2, 0.25) is 0 Å². The smallest absolute Gasteiger partial charge is 0 e. The molecule has 0 aliphatic carbocycles. The van der Waals surface area contributed by atoms with E-state index < -0.39 is 0 Å². The Balaban J connectivity index is -0.000000144. The second-order valence-corrected chi connectivity index (χ2v) is 5.95. The van der Waals surface area contributed by atoms with Gasteiger partial charge < -0.3 is 43.1 Å². The van der Waals surface area contributed by atoms with Crippen molar-refractivity contribution in [2.45, 2.75) is 59.3 Å². The summed E-state index contributed by atoms with van der Waals surface area (Å²) in [6.07, 6.45) is 7.07. The van der Waals surface area contributed by atoms with Crippen molar-refractivity contribution in [2.24, 2.45) is 0 Å². The van der Waals surface area contributed by atoms with E-state index in [0.717, 1.165) is 17.1 Å². The molecule has 3 aromatic rings. The van der Waals surface area contributed by atoms with E-state index in [4.69, 9.17) is 0 Å². The van der Waals surface area contributed by atoms with E-state index in [-0.39, 0.29) is 131 Å². The Morgan fingerprint density at radius 2 is 1.43 bits per heavy atom. The van der Waals surface area contributed by atoms with Crippen LogP contribution in [0.3, 0.4) is 0 Å². The molecule has 0 atom stereocenters. The Morgan fingerprint density at radius 1 is 0.786 bits per heavy atom. The van der Waals surface area contributed by atoms with Crippen LogP contribution in [-0.2, 0) is 131 Å². The van der Waals surface area contributed by atoms with Gasteiger partial charge in [-0.2, -0.15) is 0 Å². The summed E-state index contributed by atoms with van der Waals surface area (Å²) in [4.78, 5) is 0. The zero-order valence-corrected chi connectivity index (χ0v) is 28.5. The number of aromatic amines is 1. The average Bonchev–Trinajstić information content (AvgIpc) is 3.29. The third-order valence-electron chi connectivity index (χ3n) is 2.87. The van der Waals surface area contributed by atoms with Gasteiger partial charge in [0.25, 0.3) is 0 Å². The van der Waals surface area contributed by atoms with Crippen LogP contribution in [0.5, 0.6) is 0 Å². The molecule has 144 valence electrons. The van der Waals surface area contributed by atoms with Gasteiger partial charge in [-0.1, -0.05) is 53.7 Å². The molecule has 0 fully saturated rings. The van der Waals surface area contributed by atoms with E-state index in [0.29, 0.717) is 17.8 Å². The first kappa shape index (κ1) is 37.2. The fourth-order valence-electron chi connectivity index (χ4n) is 1.30. The van der Waals surface area contributed by atoms with Gasteiger partial charge in [0.1, 0.15) is 0 Å². The maximum absolute atomic E-state index is 3.75. The molecule has 28 heavy (non-hydrogen) atoms. The molecule has 0 amide bonds. The number of hydrogen-bond donors (Lipinski definition) is 1. The Bertz CT molecular complexity index is 536. The molecule has 0 saturated heterocycles. The van der Waals surface area contributed by atoms with Gasteiger partial charge in [-0.25, -0.2) is 5.69 Å². The number of nitrogens with zero attached hydrogens (tertiary/aromatic N) is 8. The van der Waals surface area contributed by atoms with E-state index >= 15 is 0 Å². The predicted molar refractivity (Wildman–Crippen MR) is 87.0 cm³/mol. The van der Waals surface area contributed by atoms with Crippen molar-refractivity contribution in [3.05, 3.63) is 35.7 Å². The zero-order valence-electron chi connectivity index (χ0n) is 17.2. The molecule has 13 heteroatoms. The number of H-pyrrole nitrogens is 1. The number of aromatic nitrogens is 9. The van der Waals surface area contributed by atoms with Crippen LogP contribution in [0.2, 0.25) is 0 Å². The number of rotatable bonds is 3. The fraction of sp³-hybridized carbons (Fsp3) is 0.600. The van der Waals surface area contributed by atoms with Crippen molar-refractivity contribution in [3.8, 4) is 0 Å².